The van der Waals surface area contributed by atoms with Gasteiger partial charge in [-0.25, -0.2) is 0 Å². The number of nitrogen functional groups attached to an aromatic ring is 1. The fraction of sp³-hybridized carbons (Fsp3) is 0.182. The molecule has 0 atom stereocenters. The van der Waals surface area contributed by atoms with E-state index in [1.165, 1.54) is 11.1 Å². The van der Waals surface area contributed by atoms with E-state index in [4.69, 9.17) is 10.5 Å². The zero-order valence-corrected chi connectivity index (χ0v) is 8.16. The molecule has 3 N–H and O–H groups in total. The third kappa shape index (κ3) is 1.22. The second kappa shape index (κ2) is 3.10. The van der Waals surface area contributed by atoms with Gasteiger partial charge in [0, 0.05) is 5.56 Å². The molecule has 3 rings (SSSR count). The van der Waals surface area contributed by atoms with Crippen molar-refractivity contribution in [3.05, 3.63) is 35.5 Å². The number of nitrogens with zero attached hydrogens (tertiary/aromatic N) is 1. The second-order valence-electron chi connectivity index (χ2n) is 3.63. The molecule has 0 radical (unpaired) electrons. The Bertz CT molecular complexity index is 504. The zero-order chi connectivity index (χ0) is 10.3. The van der Waals surface area contributed by atoms with Gasteiger partial charge in [0.1, 0.15) is 5.82 Å². The quantitative estimate of drug-likeness (QED) is 0.737. The van der Waals surface area contributed by atoms with Crippen molar-refractivity contribution in [3.63, 3.8) is 0 Å². The van der Waals surface area contributed by atoms with Gasteiger partial charge in [0.05, 0.1) is 19.4 Å². The zero-order valence-electron chi connectivity index (χ0n) is 8.16. The Morgan fingerprint density at radius 3 is 3.00 bits per heavy atom. The molecular formula is C11H11N3O. The minimum Gasteiger partial charge on any atom is -0.384 e. The molecular weight excluding hydrogens is 190 g/mol. The van der Waals surface area contributed by atoms with Crippen LogP contribution in [0.5, 0.6) is 0 Å². The number of H-pyrrole nitrogens is 1. The lowest BCUT2D eigenvalue weighted by atomic mass is 9.99. The summed E-state index contributed by atoms with van der Waals surface area (Å²) in [5, 5.41) is 6.68. The van der Waals surface area contributed by atoms with Crippen molar-refractivity contribution in [3.8, 4) is 11.1 Å². The van der Waals surface area contributed by atoms with Gasteiger partial charge < -0.3 is 10.5 Å². The molecule has 0 saturated heterocycles. The van der Waals surface area contributed by atoms with Crippen LogP contribution >= 0.6 is 0 Å². The summed E-state index contributed by atoms with van der Waals surface area (Å²) in [6, 6.07) is 6.16. The Morgan fingerprint density at radius 2 is 2.20 bits per heavy atom. The summed E-state index contributed by atoms with van der Waals surface area (Å²) < 4.78 is 5.42. The highest BCUT2D eigenvalue weighted by Gasteiger charge is 2.17. The second-order valence-corrected chi connectivity index (χ2v) is 3.63. The van der Waals surface area contributed by atoms with Gasteiger partial charge in [0.2, 0.25) is 0 Å². The van der Waals surface area contributed by atoms with Crippen molar-refractivity contribution in [1.82, 2.24) is 10.2 Å². The molecule has 1 aromatic heterocycles. The number of aromatic amines is 1. The molecule has 2 heterocycles. The Labute approximate surface area is 87.1 Å². The molecule has 0 saturated carbocycles. The first-order valence-corrected chi connectivity index (χ1v) is 4.84. The molecule has 76 valence electrons. The summed E-state index contributed by atoms with van der Waals surface area (Å²) in [6.45, 7) is 1.36. The molecule has 0 unspecified atom stereocenters. The summed E-state index contributed by atoms with van der Waals surface area (Å²) in [6.07, 6.45) is 1.75. The van der Waals surface area contributed by atoms with E-state index in [-0.39, 0.29) is 0 Å². The van der Waals surface area contributed by atoms with E-state index in [2.05, 4.69) is 22.3 Å². The highest BCUT2D eigenvalue weighted by molar-refractivity contribution is 5.76. The summed E-state index contributed by atoms with van der Waals surface area (Å²) in [7, 11) is 0. The van der Waals surface area contributed by atoms with Crippen LogP contribution in [0.2, 0.25) is 0 Å². The Balaban J connectivity index is 2.21. The van der Waals surface area contributed by atoms with Gasteiger partial charge in [0.15, 0.2) is 0 Å². The maximum absolute atomic E-state index is 5.81. The average molecular weight is 201 g/mol. The number of hydrogen-bond donors (Lipinski definition) is 2. The lowest BCUT2D eigenvalue weighted by molar-refractivity contribution is 0.134. The van der Waals surface area contributed by atoms with Gasteiger partial charge in [-0.1, -0.05) is 18.2 Å². The van der Waals surface area contributed by atoms with E-state index in [0.717, 1.165) is 11.1 Å². The molecule has 0 aliphatic carbocycles. The van der Waals surface area contributed by atoms with Gasteiger partial charge >= 0.3 is 0 Å². The molecule has 15 heavy (non-hydrogen) atoms. The number of nitrogens with two attached hydrogens (primary N) is 1. The number of hydrogen-bond acceptors (Lipinski definition) is 3. The topological polar surface area (TPSA) is 63.9 Å². The predicted molar refractivity (Wildman–Crippen MR) is 56.9 cm³/mol. The molecule has 4 heteroatoms. The van der Waals surface area contributed by atoms with Crippen LogP contribution in [0.3, 0.4) is 0 Å². The molecule has 1 aliphatic heterocycles. The molecule has 0 spiro atoms. The predicted octanol–water partition coefficient (Wildman–Crippen LogP) is 1.69. The van der Waals surface area contributed by atoms with Crippen LogP contribution in [-0.4, -0.2) is 10.2 Å². The van der Waals surface area contributed by atoms with Gasteiger partial charge in [-0.3, -0.25) is 5.10 Å². The number of nitrogens with one attached hydrogen (secondary N) is 1. The number of aromatic nitrogens is 2. The van der Waals surface area contributed by atoms with E-state index < -0.39 is 0 Å². The fourth-order valence-electron chi connectivity index (χ4n) is 1.97. The summed E-state index contributed by atoms with van der Waals surface area (Å²) >= 11 is 0. The standard InChI is InChI=1S/C11H11N3O/c12-11-9(4-13-14-11)8-3-1-2-7-5-15-6-10(7)8/h1-4H,5-6H2,(H3,12,13,14). The van der Waals surface area contributed by atoms with Crippen molar-refractivity contribution in [2.45, 2.75) is 13.2 Å². The maximum atomic E-state index is 5.81. The van der Waals surface area contributed by atoms with Crippen LogP contribution < -0.4 is 5.73 Å². The van der Waals surface area contributed by atoms with Crippen molar-refractivity contribution in [2.75, 3.05) is 5.73 Å². The maximum Gasteiger partial charge on any atom is 0.126 e. The van der Waals surface area contributed by atoms with Crippen molar-refractivity contribution >= 4 is 5.82 Å². The van der Waals surface area contributed by atoms with Crippen LogP contribution in [-0.2, 0) is 18.0 Å². The summed E-state index contributed by atoms with van der Waals surface area (Å²) in [5.41, 5.74) is 10.4. The summed E-state index contributed by atoms with van der Waals surface area (Å²) in [5.74, 6) is 0.607. The van der Waals surface area contributed by atoms with Crippen molar-refractivity contribution in [2.24, 2.45) is 0 Å². The van der Waals surface area contributed by atoms with Gasteiger partial charge in [-0.15, -0.1) is 0 Å². The Morgan fingerprint density at radius 1 is 1.27 bits per heavy atom. The highest BCUT2D eigenvalue weighted by atomic mass is 16.5. The molecule has 4 nitrogen and oxygen atoms in total. The van der Waals surface area contributed by atoms with Crippen LogP contribution in [0.4, 0.5) is 5.82 Å². The number of benzene rings is 1. The molecule has 2 aromatic rings. The number of fused-ring (bicyclic) bond motifs is 1. The monoisotopic (exact) mass is 201 g/mol. The summed E-state index contributed by atoms with van der Waals surface area (Å²) in [4.78, 5) is 0. The molecule has 0 amide bonds. The van der Waals surface area contributed by atoms with Crippen LogP contribution in [0, 0.1) is 0 Å². The first-order valence-electron chi connectivity index (χ1n) is 4.84. The van der Waals surface area contributed by atoms with Crippen LogP contribution in [0.15, 0.2) is 24.4 Å². The average Bonchev–Trinajstić information content (AvgIpc) is 2.85. The van der Waals surface area contributed by atoms with Gasteiger partial charge in [-0.05, 0) is 16.7 Å². The third-order valence-corrected chi connectivity index (χ3v) is 2.74. The van der Waals surface area contributed by atoms with Crippen LogP contribution in [0.25, 0.3) is 11.1 Å². The van der Waals surface area contributed by atoms with E-state index in [1.54, 1.807) is 6.20 Å². The fourth-order valence-corrected chi connectivity index (χ4v) is 1.97. The smallest absolute Gasteiger partial charge is 0.126 e. The van der Waals surface area contributed by atoms with Crippen molar-refractivity contribution in [1.29, 1.82) is 0 Å². The molecule has 0 bridgehead atoms. The first-order chi connectivity index (χ1) is 7.36. The Kier molecular flexibility index (Phi) is 1.76. The van der Waals surface area contributed by atoms with E-state index in [0.29, 0.717) is 19.0 Å². The van der Waals surface area contributed by atoms with E-state index in [9.17, 15) is 0 Å². The Hall–Kier alpha value is -1.81. The normalized spacial score (nSPS) is 14.1. The minimum absolute atomic E-state index is 0.607. The minimum atomic E-state index is 0.607. The van der Waals surface area contributed by atoms with Crippen molar-refractivity contribution < 1.29 is 4.74 Å². The molecule has 1 aliphatic rings. The highest BCUT2D eigenvalue weighted by Crippen LogP contribution is 2.33. The first kappa shape index (κ1) is 8.49. The molecule has 1 aromatic carbocycles. The SMILES string of the molecule is Nc1[nH]ncc1-c1cccc2c1COC2. The van der Waals surface area contributed by atoms with Gasteiger partial charge in [0.25, 0.3) is 0 Å². The van der Waals surface area contributed by atoms with E-state index >= 15 is 0 Å². The molecule has 0 fully saturated rings. The lowest BCUT2D eigenvalue weighted by Gasteiger charge is -2.05. The third-order valence-electron chi connectivity index (χ3n) is 2.74. The van der Waals surface area contributed by atoms with E-state index in [1.807, 2.05) is 6.07 Å². The number of rotatable bonds is 1. The number of ether oxygens (including phenoxy) is 1. The van der Waals surface area contributed by atoms with Gasteiger partial charge in [-0.2, -0.15) is 5.10 Å². The lowest BCUT2D eigenvalue weighted by Crippen LogP contribution is -1.91. The largest absolute Gasteiger partial charge is 0.384 e. The van der Waals surface area contributed by atoms with Crippen LogP contribution in [0.1, 0.15) is 11.1 Å². The number of anilines is 1.